The molecule has 190 valence electrons. The van der Waals surface area contributed by atoms with Crippen molar-refractivity contribution in [2.45, 2.75) is 34.2 Å². The molecule has 13 heteroatoms. The van der Waals surface area contributed by atoms with E-state index in [1.165, 1.54) is 6.07 Å². The third-order valence-corrected chi connectivity index (χ3v) is 9.73. The number of alkyl halides is 4. The minimum atomic E-state index is -4.81. The number of rotatable bonds is 6. The quantitative estimate of drug-likeness (QED) is 0.396. The minimum absolute atomic E-state index is 0.0653. The summed E-state index contributed by atoms with van der Waals surface area (Å²) in [7, 11) is -2.32. The molecule has 1 fully saturated rings. The number of nitrogens with one attached hydrogen (secondary N) is 1. The second-order valence-electron chi connectivity index (χ2n) is 8.33. The van der Waals surface area contributed by atoms with E-state index in [2.05, 4.69) is 4.72 Å². The number of halogens is 6. The lowest BCUT2D eigenvalue weighted by Gasteiger charge is -2.35. The fraction of sp³-hybridized carbons (Fsp3) is 0.364. The zero-order valence-electron chi connectivity index (χ0n) is 18.2. The summed E-state index contributed by atoms with van der Waals surface area (Å²) < 4.78 is 75.8. The predicted octanol–water partition coefficient (Wildman–Crippen LogP) is 6.43. The van der Waals surface area contributed by atoms with Crippen LogP contribution in [0, 0.1) is 0 Å². The highest BCUT2D eigenvalue weighted by molar-refractivity contribution is 7.91. The Balaban J connectivity index is 1.60. The van der Waals surface area contributed by atoms with Crippen molar-refractivity contribution < 1.29 is 26.3 Å². The van der Waals surface area contributed by atoms with E-state index in [-0.39, 0.29) is 14.2 Å². The second kappa shape index (κ2) is 9.79. The molecule has 0 radical (unpaired) electrons. The monoisotopic (exact) mass is 586 g/mol. The summed E-state index contributed by atoms with van der Waals surface area (Å²) in [5.41, 5.74) is 1.10. The molecule has 1 aliphatic heterocycles. The number of likely N-dealkylation sites (tertiary alicyclic amines) is 1. The van der Waals surface area contributed by atoms with E-state index >= 15 is 0 Å². The first-order valence-corrected chi connectivity index (χ1v) is 13.8. The molecule has 2 aliphatic rings. The van der Waals surface area contributed by atoms with Crippen molar-refractivity contribution >= 4 is 56.2 Å². The lowest BCUT2D eigenvalue weighted by Crippen LogP contribution is -2.45. The van der Waals surface area contributed by atoms with Crippen molar-refractivity contribution in [2.75, 3.05) is 20.1 Å². The van der Waals surface area contributed by atoms with E-state index in [0.29, 0.717) is 35.7 Å². The Morgan fingerprint density at radius 3 is 2.51 bits per heavy atom. The first-order chi connectivity index (χ1) is 16.3. The maximum absolute atomic E-state index is 13.8. The number of benzene rings is 1. The van der Waals surface area contributed by atoms with Crippen LogP contribution in [0.3, 0.4) is 0 Å². The highest BCUT2D eigenvalue weighted by atomic mass is 35.5. The summed E-state index contributed by atoms with van der Waals surface area (Å²) in [6, 6.07) is 8.11. The number of allylic oxidation sites excluding steroid dienone is 3. The summed E-state index contributed by atoms with van der Waals surface area (Å²) in [6.07, 6.45) is -3.34. The summed E-state index contributed by atoms with van der Waals surface area (Å²) in [5, 5.41) is 0.516. The van der Waals surface area contributed by atoms with Gasteiger partial charge in [-0.15, -0.1) is 22.9 Å². The number of hydrogen-bond acceptors (Lipinski definition) is 5. The fourth-order valence-electron chi connectivity index (χ4n) is 3.80. The van der Waals surface area contributed by atoms with E-state index < -0.39 is 39.4 Å². The molecule has 1 N–H and O–H groups in total. The molecule has 2 atom stereocenters. The van der Waals surface area contributed by atoms with Crippen LogP contribution in [0.4, 0.5) is 13.2 Å². The van der Waals surface area contributed by atoms with Gasteiger partial charge >= 0.3 is 6.18 Å². The van der Waals surface area contributed by atoms with Crippen LogP contribution >= 0.6 is 46.1 Å². The molecule has 1 aliphatic carbocycles. The molecule has 0 saturated carbocycles. The van der Waals surface area contributed by atoms with E-state index in [9.17, 15) is 21.6 Å². The topological polar surface area (TPSA) is 58.6 Å². The van der Waals surface area contributed by atoms with Gasteiger partial charge in [-0.05, 0) is 37.2 Å². The van der Waals surface area contributed by atoms with Gasteiger partial charge in [0, 0.05) is 41.9 Å². The van der Waals surface area contributed by atoms with Gasteiger partial charge < -0.3 is 9.64 Å². The molecule has 2 heterocycles. The second-order valence-corrected chi connectivity index (χ2v) is 13.0. The van der Waals surface area contributed by atoms with Gasteiger partial charge in [-0.2, -0.15) is 13.2 Å². The third kappa shape index (κ3) is 5.62. The molecule has 1 unspecified atom stereocenters. The lowest BCUT2D eigenvalue weighted by molar-refractivity contribution is -0.163. The normalized spacial score (nSPS) is 23.7. The van der Waals surface area contributed by atoms with E-state index in [4.69, 9.17) is 39.5 Å². The van der Waals surface area contributed by atoms with Crippen LogP contribution in [-0.4, -0.2) is 50.6 Å². The molecule has 1 aromatic heterocycles. The number of likely N-dealkylation sites (N-methyl/N-ethyl adjacent to an activating group) is 1. The average molecular weight is 588 g/mol. The van der Waals surface area contributed by atoms with Crippen LogP contribution < -0.4 is 4.72 Å². The molecule has 35 heavy (non-hydrogen) atoms. The standard InChI is InChI=1S/C22H20Cl3F3N2O3S2/c1-30-9-7-16(12-30)33-18-10-15(6-8-21(18,25)22(26,27)28)29-35(31,32)19-11-17(20(24)34-19)13-2-4-14(23)5-3-13/h2-6,10-11,16,29H,7-9,12H2,1H3/t16-,21?/m1/s1. The number of hydrogen-bond donors (Lipinski definition) is 1. The maximum atomic E-state index is 13.8. The van der Waals surface area contributed by atoms with Crippen molar-refractivity contribution in [3.05, 3.63) is 63.3 Å². The number of nitrogens with zero attached hydrogens (tertiary/aromatic N) is 1. The summed E-state index contributed by atoms with van der Waals surface area (Å²) in [6.45, 7) is 1.11. The molecule has 0 bridgehead atoms. The highest BCUT2D eigenvalue weighted by Gasteiger charge is 2.58. The molecule has 4 rings (SSSR count). The summed E-state index contributed by atoms with van der Waals surface area (Å²) in [4.78, 5) is -0.854. The van der Waals surface area contributed by atoms with Crippen molar-refractivity contribution in [1.29, 1.82) is 0 Å². The largest absolute Gasteiger partial charge is 0.491 e. The Morgan fingerprint density at radius 1 is 1.23 bits per heavy atom. The van der Waals surface area contributed by atoms with Crippen molar-refractivity contribution in [3.63, 3.8) is 0 Å². The molecular formula is C22H20Cl3F3N2O3S2. The van der Waals surface area contributed by atoms with Crippen molar-refractivity contribution in [1.82, 2.24) is 9.62 Å². The van der Waals surface area contributed by atoms with Gasteiger partial charge in [0.1, 0.15) is 20.4 Å². The zero-order valence-corrected chi connectivity index (χ0v) is 22.1. The van der Waals surface area contributed by atoms with Gasteiger partial charge in [-0.25, -0.2) is 8.42 Å². The van der Waals surface area contributed by atoms with Crippen LogP contribution in [0.1, 0.15) is 12.8 Å². The number of ether oxygens (including phenoxy) is 1. The molecule has 0 spiro atoms. The molecule has 0 amide bonds. The molecule has 2 aromatic rings. The lowest BCUT2D eigenvalue weighted by atomic mass is 9.95. The molecule has 5 nitrogen and oxygen atoms in total. The van der Waals surface area contributed by atoms with Gasteiger partial charge in [-0.1, -0.05) is 41.4 Å². The van der Waals surface area contributed by atoms with Crippen molar-refractivity contribution in [3.8, 4) is 11.1 Å². The maximum Gasteiger partial charge on any atom is 0.415 e. The average Bonchev–Trinajstić information content (AvgIpc) is 3.36. The number of thiophene rings is 1. The van der Waals surface area contributed by atoms with Crippen LogP contribution in [0.15, 0.2) is 58.1 Å². The van der Waals surface area contributed by atoms with Gasteiger partial charge in [-0.3, -0.25) is 4.72 Å². The zero-order chi connectivity index (χ0) is 25.6. The van der Waals surface area contributed by atoms with Gasteiger partial charge in [0.05, 0.1) is 0 Å². The Morgan fingerprint density at radius 2 is 1.91 bits per heavy atom. The van der Waals surface area contributed by atoms with Crippen molar-refractivity contribution in [2.24, 2.45) is 0 Å². The van der Waals surface area contributed by atoms with Crippen LogP contribution in [0.5, 0.6) is 0 Å². The first-order valence-electron chi connectivity index (χ1n) is 10.4. The summed E-state index contributed by atoms with van der Waals surface area (Å²) in [5.74, 6) is -0.529. The highest BCUT2D eigenvalue weighted by Crippen LogP contribution is 2.48. The number of sulfonamides is 1. The smallest absolute Gasteiger partial charge is 0.415 e. The summed E-state index contributed by atoms with van der Waals surface area (Å²) >= 11 is 19.0. The third-order valence-electron chi connectivity index (χ3n) is 5.71. The van der Waals surface area contributed by atoms with Gasteiger partial charge in [0.25, 0.3) is 10.0 Å². The fourth-order valence-corrected chi connectivity index (χ4v) is 6.93. The minimum Gasteiger partial charge on any atom is -0.491 e. The molecule has 1 saturated heterocycles. The Hall–Kier alpha value is -1.43. The predicted molar refractivity (Wildman–Crippen MR) is 133 cm³/mol. The van der Waals surface area contributed by atoms with Crippen LogP contribution in [0.2, 0.25) is 9.36 Å². The molecule has 1 aromatic carbocycles. The van der Waals surface area contributed by atoms with E-state index in [1.54, 1.807) is 24.3 Å². The Kier molecular flexibility index (Phi) is 7.45. The van der Waals surface area contributed by atoms with Gasteiger partial charge in [0.15, 0.2) is 4.87 Å². The van der Waals surface area contributed by atoms with E-state index in [0.717, 1.165) is 23.5 Å². The Labute approximate surface area is 220 Å². The van der Waals surface area contributed by atoms with E-state index in [1.807, 2.05) is 11.9 Å². The Bertz CT molecular complexity index is 1280. The SMILES string of the molecule is CN1CC[C@@H](OC2=CC(NS(=O)(=O)c3cc(-c4ccc(Cl)cc4)c(Cl)s3)=CCC2(Cl)C(F)(F)F)C1. The molecular weight excluding hydrogens is 568 g/mol. The van der Waals surface area contributed by atoms with Gasteiger partial charge in [0.2, 0.25) is 0 Å². The van der Waals surface area contributed by atoms with Crippen LogP contribution in [0.25, 0.3) is 11.1 Å². The first kappa shape index (κ1) is 26.6. The van der Waals surface area contributed by atoms with Crippen LogP contribution in [-0.2, 0) is 14.8 Å².